The van der Waals surface area contributed by atoms with Crippen LogP contribution in [-0.4, -0.2) is 27.0 Å². The van der Waals surface area contributed by atoms with Crippen molar-refractivity contribution in [1.82, 2.24) is 4.98 Å². The number of carbonyl (C=O) groups is 1. The molecule has 1 aromatic rings. The van der Waals surface area contributed by atoms with E-state index in [2.05, 4.69) is 10.3 Å². The molecule has 1 rings (SSSR count). The van der Waals surface area contributed by atoms with Gasteiger partial charge in [0.25, 0.3) is 5.69 Å². The highest BCUT2D eigenvalue weighted by molar-refractivity contribution is 5.93. The third-order valence-electron chi connectivity index (χ3n) is 2.88. The van der Waals surface area contributed by atoms with Crippen LogP contribution in [0, 0.1) is 16.0 Å². The third kappa shape index (κ3) is 3.64. The average Bonchev–Trinajstić information content (AvgIpc) is 2.35. The third-order valence-corrected chi connectivity index (χ3v) is 2.88. The van der Waals surface area contributed by atoms with Crippen LogP contribution in [0.25, 0.3) is 0 Å². The number of carboxylic acids is 1. The van der Waals surface area contributed by atoms with Crippen molar-refractivity contribution in [2.24, 2.45) is 5.92 Å². The zero-order valence-corrected chi connectivity index (χ0v) is 11.1. The lowest BCUT2D eigenvalue weighted by atomic mass is 10.0. The molecule has 0 aromatic carbocycles. The van der Waals surface area contributed by atoms with Crippen molar-refractivity contribution in [3.05, 3.63) is 27.9 Å². The van der Waals surface area contributed by atoms with Gasteiger partial charge in [0.05, 0.1) is 4.92 Å². The summed E-state index contributed by atoms with van der Waals surface area (Å²) in [6, 6.07) is 1.08. The minimum Gasteiger partial charge on any atom is -0.478 e. The van der Waals surface area contributed by atoms with Gasteiger partial charge in [-0.2, -0.15) is 0 Å². The molecule has 19 heavy (non-hydrogen) atoms. The van der Waals surface area contributed by atoms with Crippen LogP contribution in [0.15, 0.2) is 12.3 Å². The molecule has 0 amide bonds. The van der Waals surface area contributed by atoms with Crippen molar-refractivity contribution in [3.63, 3.8) is 0 Å². The van der Waals surface area contributed by atoms with E-state index in [0.717, 1.165) is 18.7 Å². The number of pyridine rings is 1. The van der Waals surface area contributed by atoms with Gasteiger partial charge in [-0.1, -0.05) is 20.8 Å². The summed E-state index contributed by atoms with van der Waals surface area (Å²) in [6.45, 7) is 5.99. The SMILES string of the molecule is CCC(Nc1ncc([N+](=O)[O-])cc1C(=O)O)C(C)C. The van der Waals surface area contributed by atoms with E-state index in [9.17, 15) is 14.9 Å². The molecule has 1 unspecified atom stereocenters. The Bertz CT molecular complexity index is 488. The van der Waals surface area contributed by atoms with Gasteiger partial charge < -0.3 is 10.4 Å². The van der Waals surface area contributed by atoms with Crippen molar-refractivity contribution < 1.29 is 14.8 Å². The molecule has 0 radical (unpaired) electrons. The Morgan fingerprint density at radius 1 is 1.58 bits per heavy atom. The number of nitro groups is 1. The van der Waals surface area contributed by atoms with E-state index in [0.29, 0.717) is 5.92 Å². The summed E-state index contributed by atoms with van der Waals surface area (Å²) >= 11 is 0. The summed E-state index contributed by atoms with van der Waals surface area (Å²) in [4.78, 5) is 25.0. The molecular formula is C12H17N3O4. The predicted molar refractivity (Wildman–Crippen MR) is 70.4 cm³/mol. The van der Waals surface area contributed by atoms with Crippen molar-refractivity contribution in [3.8, 4) is 0 Å². The molecule has 1 aromatic heterocycles. The minimum absolute atomic E-state index is 0.0621. The first-order valence-electron chi connectivity index (χ1n) is 6.01. The standard InChI is InChI=1S/C12H17N3O4/c1-4-10(7(2)3)14-11-9(12(16)17)5-8(6-13-11)15(18)19/h5-7,10H,4H2,1-3H3,(H,13,14)(H,16,17). The highest BCUT2D eigenvalue weighted by Crippen LogP contribution is 2.21. The van der Waals surface area contributed by atoms with Crippen LogP contribution >= 0.6 is 0 Å². The number of hydrogen-bond acceptors (Lipinski definition) is 5. The topological polar surface area (TPSA) is 105 Å². The van der Waals surface area contributed by atoms with Crippen molar-refractivity contribution >= 4 is 17.5 Å². The normalized spacial score (nSPS) is 12.2. The summed E-state index contributed by atoms with van der Waals surface area (Å²) in [5.41, 5.74) is -0.520. The van der Waals surface area contributed by atoms with Crippen LogP contribution < -0.4 is 5.32 Å². The van der Waals surface area contributed by atoms with E-state index < -0.39 is 10.9 Å². The number of rotatable bonds is 6. The smallest absolute Gasteiger partial charge is 0.339 e. The Morgan fingerprint density at radius 2 is 2.21 bits per heavy atom. The molecule has 0 saturated heterocycles. The Labute approximate surface area is 110 Å². The second-order valence-corrected chi connectivity index (χ2v) is 4.56. The zero-order valence-electron chi connectivity index (χ0n) is 11.1. The van der Waals surface area contributed by atoms with Gasteiger partial charge in [0.1, 0.15) is 17.6 Å². The molecule has 0 saturated carbocycles. The van der Waals surface area contributed by atoms with Gasteiger partial charge in [0.15, 0.2) is 0 Å². The van der Waals surface area contributed by atoms with E-state index in [-0.39, 0.29) is 23.1 Å². The minimum atomic E-state index is -1.24. The first-order chi connectivity index (χ1) is 8.86. The Morgan fingerprint density at radius 3 is 2.63 bits per heavy atom. The monoisotopic (exact) mass is 267 g/mol. The predicted octanol–water partition coefficient (Wildman–Crippen LogP) is 2.53. The van der Waals surface area contributed by atoms with E-state index >= 15 is 0 Å². The van der Waals surface area contributed by atoms with Gasteiger partial charge in [-0.3, -0.25) is 10.1 Å². The molecule has 0 bridgehead atoms. The maximum atomic E-state index is 11.1. The largest absolute Gasteiger partial charge is 0.478 e. The summed E-state index contributed by atoms with van der Waals surface area (Å²) in [5, 5.41) is 22.7. The lowest BCUT2D eigenvalue weighted by Crippen LogP contribution is -2.26. The fraction of sp³-hybridized carbons (Fsp3) is 0.500. The van der Waals surface area contributed by atoms with Gasteiger partial charge in [-0.05, 0) is 12.3 Å². The van der Waals surface area contributed by atoms with Crippen LogP contribution in [0.3, 0.4) is 0 Å². The summed E-state index contributed by atoms with van der Waals surface area (Å²) in [6.07, 6.45) is 1.86. The fourth-order valence-electron chi connectivity index (χ4n) is 1.75. The molecule has 0 aliphatic heterocycles. The Kier molecular flexibility index (Phi) is 4.80. The molecule has 7 nitrogen and oxygen atoms in total. The second-order valence-electron chi connectivity index (χ2n) is 4.56. The van der Waals surface area contributed by atoms with Gasteiger partial charge >= 0.3 is 5.97 Å². The zero-order chi connectivity index (χ0) is 14.6. The second kappa shape index (κ2) is 6.12. The lowest BCUT2D eigenvalue weighted by molar-refractivity contribution is -0.385. The quantitative estimate of drug-likeness (QED) is 0.606. The van der Waals surface area contributed by atoms with E-state index in [1.165, 1.54) is 0 Å². The fourth-order valence-corrected chi connectivity index (χ4v) is 1.75. The Balaban J connectivity index is 3.13. The van der Waals surface area contributed by atoms with Crippen LogP contribution in [-0.2, 0) is 0 Å². The van der Waals surface area contributed by atoms with Gasteiger partial charge in [-0.25, -0.2) is 9.78 Å². The number of nitrogens with one attached hydrogen (secondary N) is 1. The molecule has 0 aliphatic carbocycles. The summed E-state index contributed by atoms with van der Waals surface area (Å²) in [5.74, 6) is -0.778. The maximum Gasteiger partial charge on any atom is 0.339 e. The van der Waals surface area contributed by atoms with Crippen LogP contribution in [0.1, 0.15) is 37.6 Å². The van der Waals surface area contributed by atoms with Gasteiger partial charge in [0, 0.05) is 12.1 Å². The van der Waals surface area contributed by atoms with Crippen molar-refractivity contribution in [1.29, 1.82) is 0 Å². The molecular weight excluding hydrogens is 250 g/mol. The average molecular weight is 267 g/mol. The number of carboxylic acid groups (broad SMARTS) is 1. The summed E-state index contributed by atoms with van der Waals surface area (Å²) in [7, 11) is 0. The molecule has 1 heterocycles. The molecule has 0 aliphatic rings. The number of nitrogens with zero attached hydrogens (tertiary/aromatic N) is 2. The van der Waals surface area contributed by atoms with Gasteiger partial charge in [0.2, 0.25) is 0 Å². The molecule has 104 valence electrons. The maximum absolute atomic E-state index is 11.1. The summed E-state index contributed by atoms with van der Waals surface area (Å²) < 4.78 is 0. The first kappa shape index (κ1) is 14.9. The van der Waals surface area contributed by atoms with Gasteiger partial charge in [-0.15, -0.1) is 0 Å². The van der Waals surface area contributed by atoms with Crippen LogP contribution in [0.2, 0.25) is 0 Å². The van der Waals surface area contributed by atoms with E-state index in [4.69, 9.17) is 5.11 Å². The highest BCUT2D eigenvalue weighted by Gasteiger charge is 2.20. The number of aromatic nitrogens is 1. The highest BCUT2D eigenvalue weighted by atomic mass is 16.6. The number of aromatic carboxylic acids is 1. The molecule has 1 atom stereocenters. The first-order valence-corrected chi connectivity index (χ1v) is 6.01. The van der Waals surface area contributed by atoms with E-state index in [1.54, 1.807) is 0 Å². The van der Waals surface area contributed by atoms with Crippen molar-refractivity contribution in [2.75, 3.05) is 5.32 Å². The molecule has 0 fully saturated rings. The molecule has 2 N–H and O–H groups in total. The number of anilines is 1. The van der Waals surface area contributed by atoms with Crippen LogP contribution in [0.4, 0.5) is 11.5 Å². The Hall–Kier alpha value is -2.18. The molecule has 7 heteroatoms. The lowest BCUT2D eigenvalue weighted by Gasteiger charge is -2.22. The van der Waals surface area contributed by atoms with Crippen molar-refractivity contribution in [2.45, 2.75) is 33.2 Å². The molecule has 0 spiro atoms. The van der Waals surface area contributed by atoms with Crippen LogP contribution in [0.5, 0.6) is 0 Å². The number of hydrogen-bond donors (Lipinski definition) is 2. The van der Waals surface area contributed by atoms with E-state index in [1.807, 2.05) is 20.8 Å².